The van der Waals surface area contributed by atoms with Crippen LogP contribution in [0.1, 0.15) is 59.3 Å². The Balaban J connectivity index is 1.79. The maximum absolute atomic E-state index is 14.9. The van der Waals surface area contributed by atoms with Crippen molar-refractivity contribution in [3.8, 4) is 0 Å². The first-order chi connectivity index (χ1) is 13.2. The average molecular weight is 391 g/mol. The highest BCUT2D eigenvalue weighted by Gasteiger charge is 2.63. The molecule has 1 N–H and O–H groups in total. The van der Waals surface area contributed by atoms with Crippen LogP contribution in [0.2, 0.25) is 0 Å². The van der Waals surface area contributed by atoms with Crippen LogP contribution in [-0.2, 0) is 4.79 Å². The van der Waals surface area contributed by atoms with Gasteiger partial charge in [-0.25, -0.2) is 4.39 Å². The number of carbonyl (C=O) groups is 1. The first-order valence-electron chi connectivity index (χ1n) is 10.5. The van der Waals surface area contributed by atoms with Gasteiger partial charge in [0.2, 0.25) is 0 Å². The lowest BCUT2D eigenvalue weighted by molar-refractivity contribution is -0.423. The molecule has 0 saturated heterocycles. The first kappa shape index (κ1) is 19.7. The maximum atomic E-state index is 14.9. The Bertz CT molecular complexity index is 789. The number of aliphatic hydroxyl groups excluding tert-OH is 1. The molecule has 0 bridgehead atoms. The Morgan fingerprint density at radius 2 is 1.96 bits per heavy atom. The van der Waals surface area contributed by atoms with Crippen LogP contribution in [0.15, 0.2) is 22.9 Å². The second kappa shape index (κ2) is 6.48. The van der Waals surface area contributed by atoms with Gasteiger partial charge in [0.25, 0.3) is 5.78 Å². The molecule has 154 valence electrons. The minimum absolute atomic E-state index is 0.0607. The fourth-order valence-corrected chi connectivity index (χ4v) is 7.53. The van der Waals surface area contributed by atoms with Crippen LogP contribution in [-0.4, -0.2) is 28.6 Å². The lowest BCUT2D eigenvalue weighted by Gasteiger charge is -2.59. The Morgan fingerprint density at radius 3 is 2.61 bits per heavy atom. The fraction of sp³-hybridized carbons (Fsp3) is 0.773. The molecule has 4 rings (SSSR count). The van der Waals surface area contributed by atoms with E-state index in [0.29, 0.717) is 23.8 Å². The van der Waals surface area contributed by atoms with E-state index < -0.39 is 33.9 Å². The highest BCUT2D eigenvalue weighted by atomic mass is 19.1. The van der Waals surface area contributed by atoms with Gasteiger partial charge >= 0.3 is 5.70 Å². The number of hydrogen-bond acceptors (Lipinski definition) is 4. The van der Waals surface area contributed by atoms with Crippen molar-refractivity contribution in [2.75, 3.05) is 6.61 Å². The number of nitro groups is 1. The normalized spacial score (nSPS) is 47.0. The highest BCUT2D eigenvalue weighted by Crippen LogP contribution is 2.68. The number of hydrogen-bond donors (Lipinski definition) is 1. The predicted octanol–water partition coefficient (Wildman–Crippen LogP) is 4.24. The largest absolute Gasteiger partial charge is 0.392 e. The summed E-state index contributed by atoms with van der Waals surface area (Å²) < 4.78 is 14.9. The quantitative estimate of drug-likeness (QED) is 0.434. The standard InChI is InChI=1S/C22H30FNO4/c1-12-18(23)20(26)19(24(27)28)17-7-5-14-15-6-4-13(9-11-25)21(15,2)10-8-16(14)22(12,17)3/h9,12,14-16,18,25H,4-8,10-11H2,1-3H3/t12?,14-,15-,16-,18?,21+,22+/m0/s1. The van der Waals surface area contributed by atoms with Gasteiger partial charge < -0.3 is 5.11 Å². The number of rotatable bonds is 2. The summed E-state index contributed by atoms with van der Waals surface area (Å²) in [7, 11) is 0. The number of fused-ring (bicyclic) bond motifs is 5. The maximum Gasteiger partial charge on any atom is 0.314 e. The molecule has 7 atom stereocenters. The van der Waals surface area contributed by atoms with Crippen molar-refractivity contribution in [2.24, 2.45) is 34.5 Å². The van der Waals surface area contributed by atoms with E-state index in [4.69, 9.17) is 0 Å². The molecule has 0 spiro atoms. The summed E-state index contributed by atoms with van der Waals surface area (Å²) >= 11 is 0. The Labute approximate surface area is 165 Å². The molecule has 0 heterocycles. The molecule has 0 amide bonds. The predicted molar refractivity (Wildman–Crippen MR) is 103 cm³/mol. The molecule has 2 unspecified atom stereocenters. The van der Waals surface area contributed by atoms with Gasteiger partial charge in [0, 0.05) is 16.9 Å². The lowest BCUT2D eigenvalue weighted by atomic mass is 9.45. The minimum atomic E-state index is -1.80. The molecule has 0 aromatic carbocycles. The van der Waals surface area contributed by atoms with Crippen LogP contribution in [0.25, 0.3) is 0 Å². The molecular weight excluding hydrogens is 361 g/mol. The zero-order valence-corrected chi connectivity index (χ0v) is 16.9. The summed E-state index contributed by atoms with van der Waals surface area (Å²) in [5, 5.41) is 21.1. The van der Waals surface area contributed by atoms with Crippen molar-refractivity contribution >= 4 is 5.78 Å². The van der Waals surface area contributed by atoms with Crippen molar-refractivity contribution in [3.05, 3.63) is 33.0 Å². The van der Waals surface area contributed by atoms with Crippen molar-refractivity contribution in [1.29, 1.82) is 0 Å². The van der Waals surface area contributed by atoms with E-state index in [0.717, 1.165) is 32.1 Å². The van der Waals surface area contributed by atoms with Gasteiger partial charge in [0.15, 0.2) is 6.17 Å². The minimum Gasteiger partial charge on any atom is -0.392 e. The number of halogens is 1. The molecule has 28 heavy (non-hydrogen) atoms. The Hall–Kier alpha value is -1.56. The Morgan fingerprint density at radius 1 is 1.25 bits per heavy atom. The number of nitrogens with zero attached hydrogens (tertiary/aromatic N) is 1. The molecule has 0 aromatic heterocycles. The third-order valence-corrected chi connectivity index (χ3v) is 9.11. The Kier molecular flexibility index (Phi) is 4.57. The molecule has 4 aliphatic carbocycles. The monoisotopic (exact) mass is 391 g/mol. The van der Waals surface area contributed by atoms with Gasteiger partial charge in [-0.15, -0.1) is 0 Å². The number of Topliss-reactive ketones (excluding diaryl/α,β-unsaturated/α-hetero) is 1. The van der Waals surface area contributed by atoms with Crippen LogP contribution in [0, 0.1) is 44.6 Å². The molecule has 0 radical (unpaired) electrons. The summed E-state index contributed by atoms with van der Waals surface area (Å²) in [5.41, 5.74) is 0.899. The van der Waals surface area contributed by atoms with E-state index in [1.54, 1.807) is 6.92 Å². The average Bonchev–Trinajstić information content (AvgIpc) is 2.98. The summed E-state index contributed by atoms with van der Waals surface area (Å²) in [6.07, 6.45) is 5.40. The van der Waals surface area contributed by atoms with Crippen molar-refractivity contribution in [1.82, 2.24) is 0 Å². The molecule has 5 nitrogen and oxygen atoms in total. The van der Waals surface area contributed by atoms with E-state index in [2.05, 4.69) is 6.92 Å². The number of carbonyl (C=O) groups excluding carboxylic acids is 1. The van der Waals surface area contributed by atoms with E-state index in [1.807, 2.05) is 13.0 Å². The van der Waals surface area contributed by atoms with E-state index in [9.17, 15) is 24.4 Å². The SMILES string of the molecule is CC1C(F)C(=O)C([N+](=O)[O-])=C2CC[C@H]3[C@@H]4CCC(=CCO)[C@@]4(C)CC[C@@H]3[C@]21C. The summed E-state index contributed by atoms with van der Waals surface area (Å²) in [5.74, 6) is -0.459. The summed E-state index contributed by atoms with van der Waals surface area (Å²) in [6.45, 7) is 6.10. The van der Waals surface area contributed by atoms with E-state index in [1.165, 1.54) is 5.57 Å². The van der Waals surface area contributed by atoms with E-state index >= 15 is 0 Å². The number of allylic oxidation sites excluding steroid dienone is 2. The third kappa shape index (κ3) is 2.36. The van der Waals surface area contributed by atoms with Crippen LogP contribution in [0.4, 0.5) is 4.39 Å². The molecule has 0 aliphatic heterocycles. The molecule has 3 saturated carbocycles. The molecule has 0 aromatic rings. The van der Waals surface area contributed by atoms with Crippen molar-refractivity contribution in [3.63, 3.8) is 0 Å². The smallest absolute Gasteiger partial charge is 0.314 e. The second-order valence-corrected chi connectivity index (χ2v) is 9.74. The zero-order chi connectivity index (χ0) is 20.4. The molecule has 3 fully saturated rings. The third-order valence-electron chi connectivity index (χ3n) is 9.11. The van der Waals surface area contributed by atoms with Crippen molar-refractivity contribution < 1.29 is 19.2 Å². The number of ketones is 1. The van der Waals surface area contributed by atoms with Crippen molar-refractivity contribution in [2.45, 2.75) is 65.5 Å². The van der Waals surface area contributed by atoms with Crippen LogP contribution in [0.5, 0.6) is 0 Å². The van der Waals surface area contributed by atoms with Gasteiger partial charge in [-0.1, -0.05) is 32.4 Å². The van der Waals surface area contributed by atoms with Gasteiger partial charge in [0.1, 0.15) is 0 Å². The van der Waals surface area contributed by atoms with Crippen LogP contribution >= 0.6 is 0 Å². The fourth-order valence-electron chi connectivity index (χ4n) is 7.53. The first-order valence-corrected chi connectivity index (χ1v) is 10.5. The summed E-state index contributed by atoms with van der Waals surface area (Å²) in [4.78, 5) is 23.4. The van der Waals surface area contributed by atoms with Gasteiger partial charge in [-0.3, -0.25) is 14.9 Å². The highest BCUT2D eigenvalue weighted by molar-refractivity contribution is 5.99. The van der Waals surface area contributed by atoms with Gasteiger partial charge in [-0.2, -0.15) is 0 Å². The molecule has 4 aliphatic rings. The number of aliphatic hydroxyl groups is 1. The topological polar surface area (TPSA) is 80.4 Å². The molecular formula is C22H30FNO4. The van der Waals surface area contributed by atoms with Crippen LogP contribution in [0.3, 0.4) is 0 Å². The van der Waals surface area contributed by atoms with Gasteiger partial charge in [0.05, 0.1) is 11.5 Å². The van der Waals surface area contributed by atoms with Gasteiger partial charge in [-0.05, 0) is 61.7 Å². The number of alkyl halides is 1. The zero-order valence-electron chi connectivity index (χ0n) is 16.9. The van der Waals surface area contributed by atoms with Crippen LogP contribution < -0.4 is 0 Å². The second-order valence-electron chi connectivity index (χ2n) is 9.74. The molecule has 6 heteroatoms. The lowest BCUT2D eigenvalue weighted by Crippen LogP contribution is -2.56. The van der Waals surface area contributed by atoms with E-state index in [-0.39, 0.29) is 17.9 Å². The summed E-state index contributed by atoms with van der Waals surface area (Å²) in [6, 6.07) is 0.